The van der Waals surface area contributed by atoms with Gasteiger partial charge in [0.1, 0.15) is 11.4 Å². The average Bonchev–Trinajstić information content (AvgIpc) is 3.70. The maximum Gasteiger partial charge on any atom is 0.269 e. The van der Waals surface area contributed by atoms with E-state index in [9.17, 15) is 4.79 Å². The summed E-state index contributed by atoms with van der Waals surface area (Å²) in [6, 6.07) is 10.1. The topological polar surface area (TPSA) is 140 Å². The second kappa shape index (κ2) is 9.91. The van der Waals surface area contributed by atoms with Gasteiger partial charge in [-0.1, -0.05) is 13.0 Å². The Labute approximate surface area is 218 Å². The number of hydrogen-bond acceptors (Lipinski definition) is 6. The number of aromatic amines is 3. The minimum absolute atomic E-state index is 0.264. The fraction of sp³-hybridized carbons (Fsp3) is 0.179. The molecule has 38 heavy (non-hydrogen) atoms. The van der Waals surface area contributed by atoms with E-state index < -0.39 is 0 Å². The highest BCUT2D eigenvalue weighted by molar-refractivity contribution is 5.96. The number of nitrogens with one attached hydrogen (secondary N) is 5. The van der Waals surface area contributed by atoms with Crippen molar-refractivity contribution in [2.45, 2.75) is 26.9 Å². The van der Waals surface area contributed by atoms with Gasteiger partial charge in [0.05, 0.1) is 35.7 Å². The first-order chi connectivity index (χ1) is 18.6. The van der Waals surface area contributed by atoms with Gasteiger partial charge in [-0.05, 0) is 54.4 Å². The number of nitrogens with zero attached hydrogens (tertiary/aromatic N) is 4. The molecule has 0 radical (unpaired) electrons. The summed E-state index contributed by atoms with van der Waals surface area (Å²) in [5, 5.41) is 15.8. The third kappa shape index (κ3) is 4.41. The molecule has 0 bridgehead atoms. The van der Waals surface area contributed by atoms with Gasteiger partial charge < -0.3 is 20.6 Å². The Kier molecular flexibility index (Phi) is 6.14. The minimum Gasteiger partial charge on any atom is -0.360 e. The van der Waals surface area contributed by atoms with Crippen LogP contribution < -0.4 is 10.6 Å². The van der Waals surface area contributed by atoms with Crippen LogP contribution in [0.3, 0.4) is 0 Å². The average molecular weight is 506 g/mol. The van der Waals surface area contributed by atoms with Crippen LogP contribution in [0.1, 0.15) is 34.2 Å². The molecule has 0 unspecified atom stereocenters. The van der Waals surface area contributed by atoms with E-state index in [-0.39, 0.29) is 5.91 Å². The molecule has 0 atom stereocenters. The summed E-state index contributed by atoms with van der Waals surface area (Å²) in [5.74, 6) is 0.251. The van der Waals surface area contributed by atoms with Gasteiger partial charge in [0.25, 0.3) is 5.91 Å². The third-order valence-corrected chi connectivity index (χ3v) is 6.73. The second-order valence-corrected chi connectivity index (χ2v) is 9.15. The predicted molar refractivity (Wildman–Crippen MR) is 146 cm³/mol. The molecule has 1 aromatic carbocycles. The van der Waals surface area contributed by atoms with Crippen LogP contribution in [0, 0.1) is 6.92 Å². The van der Waals surface area contributed by atoms with Gasteiger partial charge in [0.15, 0.2) is 5.82 Å². The van der Waals surface area contributed by atoms with E-state index in [4.69, 9.17) is 0 Å². The molecule has 0 saturated heterocycles. The molecule has 1 amide bonds. The van der Waals surface area contributed by atoms with Crippen LogP contribution in [0.15, 0.2) is 61.3 Å². The zero-order chi connectivity index (χ0) is 26.1. The van der Waals surface area contributed by atoms with Crippen LogP contribution in [-0.2, 0) is 13.1 Å². The molecule has 0 aliphatic heterocycles. The van der Waals surface area contributed by atoms with Crippen molar-refractivity contribution in [2.24, 2.45) is 0 Å². The van der Waals surface area contributed by atoms with Crippen molar-refractivity contribution in [1.29, 1.82) is 0 Å². The molecule has 5 N–H and O–H groups in total. The summed E-state index contributed by atoms with van der Waals surface area (Å²) < 4.78 is 0. The number of pyridine rings is 2. The van der Waals surface area contributed by atoms with E-state index in [2.05, 4.69) is 71.7 Å². The summed E-state index contributed by atoms with van der Waals surface area (Å²) in [4.78, 5) is 32.3. The number of fused-ring (bicyclic) bond motifs is 2. The largest absolute Gasteiger partial charge is 0.360 e. The second-order valence-electron chi connectivity index (χ2n) is 9.15. The summed E-state index contributed by atoms with van der Waals surface area (Å²) in [7, 11) is 0. The predicted octanol–water partition coefficient (Wildman–Crippen LogP) is 4.24. The Hall–Kier alpha value is -4.83. The Morgan fingerprint density at radius 2 is 1.92 bits per heavy atom. The zero-order valence-electron chi connectivity index (χ0n) is 21.1. The lowest BCUT2D eigenvalue weighted by Crippen LogP contribution is -2.23. The minimum atomic E-state index is -0.264. The lowest BCUT2D eigenvalue weighted by Gasteiger charge is -2.11. The first-order valence-electron chi connectivity index (χ1n) is 12.5. The van der Waals surface area contributed by atoms with Gasteiger partial charge in [-0.25, -0.2) is 4.98 Å². The SMILES string of the molecule is CCNCc1cncc(-c2ccc3[nH]nc(-c4ncc(C(=O)NCc5cc6cc[nH]c6cn5)[nH]4)c3c2)c1C. The molecule has 6 aromatic rings. The fourth-order valence-electron chi connectivity index (χ4n) is 4.58. The molecule has 10 nitrogen and oxygen atoms in total. The number of benzene rings is 1. The highest BCUT2D eigenvalue weighted by atomic mass is 16.1. The van der Waals surface area contributed by atoms with Crippen LogP contribution >= 0.6 is 0 Å². The molecule has 0 spiro atoms. The first kappa shape index (κ1) is 23.6. The van der Waals surface area contributed by atoms with Crippen molar-refractivity contribution in [3.63, 3.8) is 0 Å². The number of rotatable bonds is 8. The van der Waals surface area contributed by atoms with Crippen molar-refractivity contribution < 1.29 is 4.79 Å². The van der Waals surface area contributed by atoms with E-state index in [1.165, 1.54) is 17.3 Å². The molecule has 5 heterocycles. The zero-order valence-corrected chi connectivity index (χ0v) is 21.1. The number of imidazole rings is 1. The number of carbonyl (C=O) groups is 1. The fourth-order valence-corrected chi connectivity index (χ4v) is 4.58. The summed E-state index contributed by atoms with van der Waals surface area (Å²) in [5.41, 5.74) is 8.08. The molecule has 0 fully saturated rings. The van der Waals surface area contributed by atoms with Crippen LogP contribution in [0.4, 0.5) is 0 Å². The number of aromatic nitrogens is 7. The third-order valence-electron chi connectivity index (χ3n) is 6.73. The smallest absolute Gasteiger partial charge is 0.269 e. The molecular weight excluding hydrogens is 478 g/mol. The first-order valence-corrected chi connectivity index (χ1v) is 12.5. The molecule has 0 aliphatic carbocycles. The molecule has 190 valence electrons. The van der Waals surface area contributed by atoms with Gasteiger partial charge in [-0.3, -0.25) is 19.9 Å². The van der Waals surface area contributed by atoms with Crippen LogP contribution in [0.25, 0.3) is 44.5 Å². The van der Waals surface area contributed by atoms with Crippen LogP contribution in [-0.4, -0.2) is 47.6 Å². The van der Waals surface area contributed by atoms with E-state index >= 15 is 0 Å². The van der Waals surface area contributed by atoms with Gasteiger partial charge in [0, 0.05) is 41.5 Å². The standard InChI is InChI=1S/C28H27N9O/c1-3-29-10-19-11-30-13-22(16(19)2)17-4-5-23-21(9-17)26(37-36-23)27-33-15-25(35-27)28(38)34-12-20-8-18-6-7-31-24(18)14-32-20/h4-9,11,13-15,29,31H,3,10,12H2,1-2H3,(H,33,35)(H,34,38)(H,36,37). The maximum absolute atomic E-state index is 12.8. The number of H-pyrrole nitrogens is 3. The molecular formula is C28H27N9O. The maximum atomic E-state index is 12.8. The Balaban J connectivity index is 1.24. The lowest BCUT2D eigenvalue weighted by atomic mass is 9.98. The Morgan fingerprint density at radius 3 is 2.82 bits per heavy atom. The number of carbonyl (C=O) groups excluding carboxylic acids is 1. The highest BCUT2D eigenvalue weighted by Gasteiger charge is 2.17. The monoisotopic (exact) mass is 505 g/mol. The summed E-state index contributed by atoms with van der Waals surface area (Å²) in [6.07, 6.45) is 8.95. The van der Waals surface area contributed by atoms with Crippen LogP contribution in [0.2, 0.25) is 0 Å². The van der Waals surface area contributed by atoms with E-state index in [0.29, 0.717) is 23.8 Å². The Bertz CT molecular complexity index is 1760. The van der Waals surface area contributed by atoms with Gasteiger partial charge in [-0.2, -0.15) is 5.10 Å². The molecule has 0 saturated carbocycles. The van der Waals surface area contributed by atoms with Crippen molar-refractivity contribution in [2.75, 3.05) is 6.54 Å². The molecule has 0 aliphatic rings. The molecule has 6 rings (SSSR count). The van der Waals surface area contributed by atoms with Crippen LogP contribution in [0.5, 0.6) is 0 Å². The van der Waals surface area contributed by atoms with E-state index in [1.54, 1.807) is 6.20 Å². The number of amides is 1. The van der Waals surface area contributed by atoms with Gasteiger partial charge in [-0.15, -0.1) is 0 Å². The number of hydrogen-bond donors (Lipinski definition) is 5. The van der Waals surface area contributed by atoms with Crippen molar-refractivity contribution in [3.8, 4) is 22.6 Å². The summed E-state index contributed by atoms with van der Waals surface area (Å²) in [6.45, 7) is 6.19. The van der Waals surface area contributed by atoms with Gasteiger partial charge >= 0.3 is 0 Å². The molecule has 5 aromatic heterocycles. The summed E-state index contributed by atoms with van der Waals surface area (Å²) >= 11 is 0. The van der Waals surface area contributed by atoms with Crippen molar-refractivity contribution in [3.05, 3.63) is 83.8 Å². The quantitative estimate of drug-likeness (QED) is 0.210. The normalized spacial score (nSPS) is 11.4. The molecule has 10 heteroatoms. The van der Waals surface area contributed by atoms with E-state index in [1.807, 2.05) is 36.8 Å². The lowest BCUT2D eigenvalue weighted by molar-refractivity contribution is 0.0946. The Morgan fingerprint density at radius 1 is 1.00 bits per heavy atom. The van der Waals surface area contributed by atoms with Crippen molar-refractivity contribution >= 4 is 27.7 Å². The highest BCUT2D eigenvalue weighted by Crippen LogP contribution is 2.31. The van der Waals surface area contributed by atoms with Gasteiger partial charge in [0.2, 0.25) is 0 Å². The van der Waals surface area contributed by atoms with Crippen molar-refractivity contribution in [1.82, 2.24) is 45.8 Å². The van der Waals surface area contributed by atoms with E-state index in [0.717, 1.165) is 51.7 Å².